The predicted molar refractivity (Wildman–Crippen MR) is 118 cm³/mol. The number of halogens is 1. The van der Waals surface area contributed by atoms with Crippen molar-refractivity contribution in [3.8, 4) is 0 Å². The second-order valence-corrected chi connectivity index (χ2v) is 12.3. The highest BCUT2D eigenvalue weighted by Gasteiger charge is 2.52. The molecule has 0 N–H and O–H groups in total. The third-order valence-electron chi connectivity index (χ3n) is 7.36. The van der Waals surface area contributed by atoms with Crippen LogP contribution in [0.3, 0.4) is 0 Å². The lowest BCUT2D eigenvalue weighted by atomic mass is 9.49. The molecule has 0 saturated heterocycles. The number of sulfonamides is 1. The Labute approximate surface area is 182 Å². The van der Waals surface area contributed by atoms with Crippen LogP contribution in [0.4, 0.5) is 5.13 Å². The lowest BCUT2D eigenvalue weighted by Crippen LogP contribution is -2.48. The van der Waals surface area contributed by atoms with Crippen LogP contribution in [0.25, 0.3) is 0 Å². The molecule has 1 aromatic heterocycles. The van der Waals surface area contributed by atoms with Crippen LogP contribution in [-0.2, 0) is 15.4 Å². The molecule has 0 atom stereocenters. The highest BCUT2D eigenvalue weighted by Crippen LogP contribution is 2.60. The van der Waals surface area contributed by atoms with Crippen molar-refractivity contribution in [2.45, 2.75) is 62.7 Å². The van der Waals surface area contributed by atoms with Gasteiger partial charge in [-0.1, -0.05) is 17.7 Å². The molecule has 4 bridgehead atoms. The Balaban J connectivity index is 1.50. The molecule has 4 saturated carbocycles. The van der Waals surface area contributed by atoms with Gasteiger partial charge in [0.2, 0.25) is 0 Å². The zero-order chi connectivity index (χ0) is 20.4. The largest absolute Gasteiger partial charge is 0.266 e. The molecule has 1 heterocycles. The van der Waals surface area contributed by atoms with E-state index in [1.165, 1.54) is 54.2 Å². The van der Waals surface area contributed by atoms with Gasteiger partial charge in [0.1, 0.15) is 0 Å². The molecular formula is C22H27ClN2O2S2. The summed E-state index contributed by atoms with van der Waals surface area (Å²) in [6.45, 7) is 3.97. The Hall–Kier alpha value is -1.11. The zero-order valence-corrected chi connectivity index (χ0v) is 19.3. The maximum atomic E-state index is 13.4. The van der Waals surface area contributed by atoms with Gasteiger partial charge in [-0.25, -0.2) is 17.7 Å². The van der Waals surface area contributed by atoms with Crippen LogP contribution in [0, 0.1) is 24.7 Å². The number of nitrogens with zero attached hydrogens (tertiary/aromatic N) is 2. The minimum atomic E-state index is -3.70. The Bertz CT molecular complexity index is 1010. The summed E-state index contributed by atoms with van der Waals surface area (Å²) in [7, 11) is -3.70. The van der Waals surface area contributed by atoms with E-state index in [1.54, 1.807) is 25.1 Å². The van der Waals surface area contributed by atoms with Crippen molar-refractivity contribution in [3.05, 3.63) is 39.9 Å². The number of thiazole rings is 1. The third kappa shape index (κ3) is 3.14. The normalized spacial score (nSPS) is 30.7. The second-order valence-electron chi connectivity index (χ2n) is 9.25. The highest BCUT2D eigenvalue weighted by atomic mass is 35.5. The van der Waals surface area contributed by atoms with Gasteiger partial charge in [0.15, 0.2) is 5.13 Å². The van der Waals surface area contributed by atoms with Gasteiger partial charge >= 0.3 is 0 Å². The second kappa shape index (κ2) is 6.96. The van der Waals surface area contributed by atoms with Crippen LogP contribution in [0.5, 0.6) is 0 Å². The highest BCUT2D eigenvalue weighted by molar-refractivity contribution is 7.93. The molecule has 0 unspecified atom stereocenters. The zero-order valence-electron chi connectivity index (χ0n) is 16.9. The maximum Gasteiger partial charge on any atom is 0.266 e. The van der Waals surface area contributed by atoms with Gasteiger partial charge in [-0.05, 0) is 87.8 Å². The van der Waals surface area contributed by atoms with E-state index >= 15 is 0 Å². The molecule has 6 rings (SSSR count). The van der Waals surface area contributed by atoms with Crippen molar-refractivity contribution in [3.63, 3.8) is 0 Å². The van der Waals surface area contributed by atoms with E-state index < -0.39 is 10.0 Å². The van der Waals surface area contributed by atoms with Crippen LogP contribution in [0.15, 0.2) is 28.5 Å². The molecule has 4 aliphatic carbocycles. The molecule has 0 amide bonds. The lowest BCUT2D eigenvalue weighted by Gasteiger charge is -2.56. The Morgan fingerprint density at radius 1 is 1.17 bits per heavy atom. The first-order chi connectivity index (χ1) is 13.8. The van der Waals surface area contributed by atoms with Crippen LogP contribution in [-0.4, -0.2) is 19.9 Å². The van der Waals surface area contributed by atoms with E-state index in [1.807, 2.05) is 6.92 Å². The fourth-order valence-corrected chi connectivity index (χ4v) is 9.58. The maximum absolute atomic E-state index is 13.4. The Kier molecular flexibility index (Phi) is 4.76. The van der Waals surface area contributed by atoms with Crippen LogP contribution in [0.1, 0.15) is 56.7 Å². The molecule has 2 aromatic rings. The van der Waals surface area contributed by atoms with Crippen molar-refractivity contribution in [1.82, 2.24) is 4.98 Å². The summed E-state index contributed by atoms with van der Waals surface area (Å²) in [5, 5.41) is 3.18. The minimum absolute atomic E-state index is 0.179. The van der Waals surface area contributed by atoms with Gasteiger partial charge in [0.25, 0.3) is 10.0 Å². The monoisotopic (exact) mass is 450 g/mol. The summed E-state index contributed by atoms with van der Waals surface area (Å²) in [5.41, 5.74) is 1.90. The van der Waals surface area contributed by atoms with Crippen molar-refractivity contribution < 1.29 is 8.42 Å². The third-order valence-corrected chi connectivity index (χ3v) is 10.8. The van der Waals surface area contributed by atoms with E-state index in [0.29, 0.717) is 22.3 Å². The summed E-state index contributed by atoms with van der Waals surface area (Å²) >= 11 is 7.66. The first kappa shape index (κ1) is 19.8. The summed E-state index contributed by atoms with van der Waals surface area (Å²) < 4.78 is 28.3. The number of hydrogen-bond donors (Lipinski definition) is 0. The SMILES string of the molecule is CCN(c1nc(C23CC4CC(CC(C4)C2)C3)cs1)S(=O)(=O)c1cccc(Cl)c1C. The molecule has 7 heteroatoms. The van der Waals surface area contributed by atoms with E-state index in [-0.39, 0.29) is 10.3 Å². The molecule has 1 aromatic carbocycles. The fourth-order valence-electron chi connectivity index (χ4n) is 6.44. The van der Waals surface area contributed by atoms with E-state index in [0.717, 1.165) is 23.4 Å². The lowest BCUT2D eigenvalue weighted by molar-refractivity contribution is -0.00689. The summed E-state index contributed by atoms with van der Waals surface area (Å²) in [5.74, 6) is 2.52. The fraction of sp³-hybridized carbons (Fsp3) is 0.591. The molecule has 156 valence electrons. The number of hydrogen-bond acceptors (Lipinski definition) is 4. The van der Waals surface area contributed by atoms with Gasteiger partial charge in [0, 0.05) is 22.4 Å². The van der Waals surface area contributed by atoms with E-state index in [4.69, 9.17) is 16.6 Å². The summed E-state index contributed by atoms with van der Waals surface area (Å²) in [6, 6.07) is 5.05. The summed E-state index contributed by atoms with van der Waals surface area (Å²) in [4.78, 5) is 5.21. The van der Waals surface area contributed by atoms with Gasteiger partial charge in [-0.3, -0.25) is 0 Å². The topological polar surface area (TPSA) is 50.3 Å². The van der Waals surface area contributed by atoms with E-state index in [2.05, 4.69) is 5.38 Å². The van der Waals surface area contributed by atoms with Gasteiger partial charge in [0.05, 0.1) is 10.6 Å². The smallest absolute Gasteiger partial charge is 0.241 e. The van der Waals surface area contributed by atoms with Crippen molar-refractivity contribution in [1.29, 1.82) is 0 Å². The Morgan fingerprint density at radius 2 is 1.79 bits per heavy atom. The van der Waals surface area contributed by atoms with Crippen LogP contribution < -0.4 is 4.31 Å². The van der Waals surface area contributed by atoms with Crippen LogP contribution in [0.2, 0.25) is 5.02 Å². The summed E-state index contributed by atoms with van der Waals surface area (Å²) in [6.07, 6.45) is 7.86. The minimum Gasteiger partial charge on any atom is -0.241 e. The van der Waals surface area contributed by atoms with Crippen LogP contribution >= 0.6 is 22.9 Å². The van der Waals surface area contributed by atoms with Crippen molar-refractivity contribution in [2.75, 3.05) is 10.8 Å². The Morgan fingerprint density at radius 3 is 2.38 bits per heavy atom. The average molecular weight is 451 g/mol. The first-order valence-electron chi connectivity index (χ1n) is 10.6. The molecule has 4 fully saturated rings. The quantitative estimate of drug-likeness (QED) is 0.579. The standard InChI is InChI=1S/C22H27ClN2O2S2/c1-3-25(29(26,27)19-6-4-5-18(23)14(19)2)21-24-20(13-28-21)22-10-15-7-16(11-22)9-17(8-15)12-22/h4-6,13,15-17H,3,7-12H2,1-2H3. The molecule has 0 aliphatic heterocycles. The molecule has 0 spiro atoms. The molecular weight excluding hydrogens is 424 g/mol. The molecule has 4 nitrogen and oxygen atoms in total. The van der Waals surface area contributed by atoms with Crippen molar-refractivity contribution >= 4 is 38.1 Å². The first-order valence-corrected chi connectivity index (χ1v) is 13.3. The van der Waals surface area contributed by atoms with Gasteiger partial charge < -0.3 is 0 Å². The molecule has 29 heavy (non-hydrogen) atoms. The number of benzene rings is 1. The number of aromatic nitrogens is 1. The van der Waals surface area contributed by atoms with Gasteiger partial charge in [-0.2, -0.15) is 0 Å². The number of rotatable bonds is 5. The average Bonchev–Trinajstić information content (AvgIpc) is 3.13. The van der Waals surface area contributed by atoms with Gasteiger partial charge in [-0.15, -0.1) is 11.3 Å². The predicted octanol–water partition coefficient (Wildman–Crippen LogP) is 5.79. The molecule has 0 radical (unpaired) electrons. The molecule has 4 aliphatic rings. The van der Waals surface area contributed by atoms with Crippen molar-refractivity contribution in [2.24, 2.45) is 17.8 Å². The van der Waals surface area contributed by atoms with E-state index in [9.17, 15) is 8.42 Å². The number of anilines is 1.